The maximum atomic E-state index is 11.8. The summed E-state index contributed by atoms with van der Waals surface area (Å²) in [5.41, 5.74) is 1.50. The largest absolute Gasteiger partial charge is 0.464 e. The number of carbonyl (C=O) groups excluding carboxylic acids is 1. The molecule has 18 heavy (non-hydrogen) atoms. The van der Waals surface area contributed by atoms with Crippen molar-refractivity contribution in [1.82, 2.24) is 0 Å². The van der Waals surface area contributed by atoms with Crippen molar-refractivity contribution >= 4 is 11.7 Å². The molecule has 0 bridgehead atoms. The van der Waals surface area contributed by atoms with Gasteiger partial charge in [0.1, 0.15) is 6.04 Å². The zero-order valence-corrected chi connectivity index (χ0v) is 11.0. The predicted octanol–water partition coefficient (Wildman–Crippen LogP) is 2.34. The van der Waals surface area contributed by atoms with Gasteiger partial charge >= 0.3 is 5.97 Å². The number of hydrogen-bond donors (Lipinski definition) is 0. The number of benzene rings is 1. The standard InChI is InChI=1S/C14H18N2O2/c1-4-13(14(17)18-5-2)16(3)12-8-6-11(10-15)7-9-12/h6-9,13H,4-5H2,1-3H3. The van der Waals surface area contributed by atoms with Crippen LogP contribution in [0.5, 0.6) is 0 Å². The molecule has 0 amide bonds. The van der Waals surface area contributed by atoms with E-state index in [0.717, 1.165) is 5.69 Å². The summed E-state index contributed by atoms with van der Waals surface area (Å²) in [6, 6.07) is 8.92. The third kappa shape index (κ3) is 3.24. The van der Waals surface area contributed by atoms with Gasteiger partial charge in [0.25, 0.3) is 0 Å². The summed E-state index contributed by atoms with van der Waals surface area (Å²) in [5, 5.41) is 8.74. The van der Waals surface area contributed by atoms with Gasteiger partial charge in [-0.25, -0.2) is 4.79 Å². The highest BCUT2D eigenvalue weighted by atomic mass is 16.5. The van der Waals surface area contributed by atoms with Crippen molar-refractivity contribution in [3.63, 3.8) is 0 Å². The Balaban J connectivity index is 2.86. The summed E-state index contributed by atoms with van der Waals surface area (Å²) in [5.74, 6) is -0.216. The van der Waals surface area contributed by atoms with Crippen molar-refractivity contribution in [2.75, 3.05) is 18.6 Å². The molecule has 0 aliphatic heterocycles. The SMILES string of the molecule is CCOC(=O)C(CC)N(C)c1ccc(C#N)cc1. The Hall–Kier alpha value is -2.02. The lowest BCUT2D eigenvalue weighted by atomic mass is 10.1. The Morgan fingerprint density at radius 1 is 1.39 bits per heavy atom. The van der Waals surface area contributed by atoms with Gasteiger partial charge in [-0.3, -0.25) is 0 Å². The summed E-state index contributed by atoms with van der Waals surface area (Å²) in [6.07, 6.45) is 0.676. The van der Waals surface area contributed by atoms with Gasteiger partial charge in [-0.05, 0) is 37.6 Å². The lowest BCUT2D eigenvalue weighted by Gasteiger charge is -2.27. The number of anilines is 1. The summed E-state index contributed by atoms with van der Waals surface area (Å²) in [4.78, 5) is 13.7. The molecule has 0 N–H and O–H groups in total. The summed E-state index contributed by atoms with van der Waals surface area (Å²) in [7, 11) is 1.85. The first-order chi connectivity index (χ1) is 8.63. The molecular formula is C14H18N2O2. The number of nitriles is 1. The average Bonchev–Trinajstić information content (AvgIpc) is 2.40. The van der Waals surface area contributed by atoms with E-state index in [2.05, 4.69) is 6.07 Å². The highest BCUT2D eigenvalue weighted by Gasteiger charge is 2.22. The highest BCUT2D eigenvalue weighted by Crippen LogP contribution is 2.18. The van der Waals surface area contributed by atoms with E-state index in [4.69, 9.17) is 10.00 Å². The zero-order chi connectivity index (χ0) is 13.5. The van der Waals surface area contributed by atoms with E-state index < -0.39 is 0 Å². The number of hydrogen-bond acceptors (Lipinski definition) is 4. The second-order valence-electron chi connectivity index (χ2n) is 3.95. The van der Waals surface area contributed by atoms with Crippen LogP contribution < -0.4 is 4.90 Å². The third-order valence-electron chi connectivity index (χ3n) is 2.82. The van der Waals surface area contributed by atoms with Crippen molar-refractivity contribution in [1.29, 1.82) is 5.26 Å². The van der Waals surface area contributed by atoms with Crippen LogP contribution in [-0.4, -0.2) is 25.7 Å². The minimum Gasteiger partial charge on any atom is -0.464 e. The van der Waals surface area contributed by atoms with Crippen molar-refractivity contribution in [2.45, 2.75) is 26.3 Å². The van der Waals surface area contributed by atoms with Gasteiger partial charge in [0.15, 0.2) is 0 Å². The average molecular weight is 246 g/mol. The van der Waals surface area contributed by atoms with E-state index in [0.29, 0.717) is 18.6 Å². The Kier molecular flexibility index (Phi) is 5.19. The van der Waals surface area contributed by atoms with Gasteiger partial charge in [-0.15, -0.1) is 0 Å². The molecule has 1 unspecified atom stereocenters. The van der Waals surface area contributed by atoms with Crippen LogP contribution in [0.15, 0.2) is 24.3 Å². The van der Waals surface area contributed by atoms with E-state index in [-0.39, 0.29) is 12.0 Å². The smallest absolute Gasteiger partial charge is 0.328 e. The molecule has 0 radical (unpaired) electrons. The first kappa shape index (κ1) is 14.0. The maximum Gasteiger partial charge on any atom is 0.328 e. The molecule has 96 valence electrons. The van der Waals surface area contributed by atoms with E-state index in [1.54, 1.807) is 19.1 Å². The first-order valence-electron chi connectivity index (χ1n) is 6.03. The molecule has 4 nitrogen and oxygen atoms in total. The fraction of sp³-hybridized carbons (Fsp3) is 0.429. The second kappa shape index (κ2) is 6.65. The van der Waals surface area contributed by atoms with Crippen LogP contribution >= 0.6 is 0 Å². The van der Waals surface area contributed by atoms with Crippen LogP contribution in [0.25, 0.3) is 0 Å². The lowest BCUT2D eigenvalue weighted by molar-refractivity contribution is -0.144. The molecule has 1 rings (SSSR count). The fourth-order valence-electron chi connectivity index (χ4n) is 1.79. The van der Waals surface area contributed by atoms with Crippen molar-refractivity contribution < 1.29 is 9.53 Å². The van der Waals surface area contributed by atoms with Gasteiger partial charge in [0.05, 0.1) is 18.2 Å². The topological polar surface area (TPSA) is 53.3 Å². The van der Waals surface area contributed by atoms with E-state index in [1.807, 2.05) is 31.0 Å². The molecule has 0 saturated heterocycles. The summed E-state index contributed by atoms with van der Waals surface area (Å²) >= 11 is 0. The van der Waals surface area contributed by atoms with Crippen LogP contribution in [0.2, 0.25) is 0 Å². The molecule has 0 aromatic heterocycles. The normalized spacial score (nSPS) is 11.4. The Bertz CT molecular complexity index is 434. The molecule has 1 atom stereocenters. The van der Waals surface area contributed by atoms with Crippen LogP contribution in [0.4, 0.5) is 5.69 Å². The number of esters is 1. The van der Waals surface area contributed by atoms with Crippen LogP contribution in [0.3, 0.4) is 0 Å². The molecule has 0 fully saturated rings. The number of carbonyl (C=O) groups is 1. The molecular weight excluding hydrogens is 228 g/mol. The lowest BCUT2D eigenvalue weighted by Crippen LogP contribution is -2.39. The van der Waals surface area contributed by atoms with Crippen LogP contribution in [-0.2, 0) is 9.53 Å². The molecule has 0 saturated carbocycles. The van der Waals surface area contributed by atoms with Crippen molar-refractivity contribution in [3.8, 4) is 6.07 Å². The van der Waals surface area contributed by atoms with Crippen LogP contribution in [0, 0.1) is 11.3 Å². The quantitative estimate of drug-likeness (QED) is 0.748. The number of nitrogens with zero attached hydrogens (tertiary/aromatic N) is 2. The van der Waals surface area contributed by atoms with Gasteiger partial charge in [-0.1, -0.05) is 6.92 Å². The monoisotopic (exact) mass is 246 g/mol. The van der Waals surface area contributed by atoms with Gasteiger partial charge in [-0.2, -0.15) is 5.26 Å². The Morgan fingerprint density at radius 2 is 2.00 bits per heavy atom. The van der Waals surface area contributed by atoms with E-state index >= 15 is 0 Å². The Labute approximate surface area is 108 Å². The maximum absolute atomic E-state index is 11.8. The van der Waals surface area contributed by atoms with Gasteiger partial charge < -0.3 is 9.64 Å². The molecule has 0 aliphatic rings. The summed E-state index contributed by atoms with van der Waals surface area (Å²) in [6.45, 7) is 4.13. The van der Waals surface area contributed by atoms with Gasteiger partial charge in [0, 0.05) is 12.7 Å². The third-order valence-corrected chi connectivity index (χ3v) is 2.82. The number of likely N-dealkylation sites (N-methyl/N-ethyl adjacent to an activating group) is 1. The first-order valence-corrected chi connectivity index (χ1v) is 6.03. The number of rotatable bonds is 5. The fourth-order valence-corrected chi connectivity index (χ4v) is 1.79. The molecule has 4 heteroatoms. The summed E-state index contributed by atoms with van der Waals surface area (Å²) < 4.78 is 5.05. The Morgan fingerprint density at radius 3 is 2.44 bits per heavy atom. The minimum absolute atomic E-state index is 0.216. The second-order valence-corrected chi connectivity index (χ2v) is 3.95. The highest BCUT2D eigenvalue weighted by molar-refractivity contribution is 5.80. The van der Waals surface area contributed by atoms with E-state index in [1.165, 1.54) is 0 Å². The molecule has 1 aromatic rings. The number of ether oxygens (including phenoxy) is 1. The molecule has 0 aliphatic carbocycles. The minimum atomic E-state index is -0.294. The predicted molar refractivity (Wildman–Crippen MR) is 70.3 cm³/mol. The van der Waals surface area contributed by atoms with Crippen molar-refractivity contribution in [3.05, 3.63) is 29.8 Å². The van der Waals surface area contributed by atoms with Gasteiger partial charge in [0.2, 0.25) is 0 Å². The molecule has 1 aromatic carbocycles. The van der Waals surface area contributed by atoms with Crippen molar-refractivity contribution in [2.24, 2.45) is 0 Å². The van der Waals surface area contributed by atoms with Crippen LogP contribution in [0.1, 0.15) is 25.8 Å². The zero-order valence-electron chi connectivity index (χ0n) is 11.0. The molecule has 0 spiro atoms. The molecule has 0 heterocycles. The van der Waals surface area contributed by atoms with E-state index in [9.17, 15) is 4.79 Å².